The maximum atomic E-state index is 13.0. The van der Waals surface area contributed by atoms with Crippen molar-refractivity contribution in [1.29, 1.82) is 0 Å². The van der Waals surface area contributed by atoms with Gasteiger partial charge in [0.05, 0.1) is 4.90 Å². The summed E-state index contributed by atoms with van der Waals surface area (Å²) in [5, 5.41) is 1.91. The molecule has 1 fully saturated rings. The second-order valence-electron chi connectivity index (χ2n) is 6.09. The molecule has 1 heterocycles. The Kier molecular flexibility index (Phi) is 4.78. The molecule has 0 atom stereocenters. The molecule has 0 aromatic heterocycles. The van der Waals surface area contributed by atoms with Crippen LogP contribution < -0.4 is 5.32 Å². The van der Waals surface area contributed by atoms with Crippen molar-refractivity contribution in [2.45, 2.75) is 17.1 Å². The third-order valence-electron chi connectivity index (χ3n) is 4.17. The number of anilines is 1. The highest BCUT2D eigenvalue weighted by Gasteiger charge is 2.40. The van der Waals surface area contributed by atoms with Crippen molar-refractivity contribution in [1.82, 2.24) is 4.90 Å². The molecule has 8 heteroatoms. The zero-order valence-electron chi connectivity index (χ0n) is 14.0. The number of hydrogen-bond donors (Lipinski definition) is 1. The van der Waals surface area contributed by atoms with Crippen LogP contribution in [0.1, 0.15) is 17.3 Å². The normalized spacial score (nSPS) is 14.6. The quantitative estimate of drug-likeness (QED) is 0.828. The average Bonchev–Trinajstić information content (AvgIpc) is 2.53. The molecule has 1 saturated heterocycles. The lowest BCUT2D eigenvalue weighted by molar-refractivity contribution is -0.114. The van der Waals surface area contributed by atoms with E-state index in [4.69, 9.17) is 0 Å². The lowest BCUT2D eigenvalue weighted by Gasteiger charge is -2.38. The van der Waals surface area contributed by atoms with Crippen molar-refractivity contribution >= 4 is 27.3 Å². The first-order chi connectivity index (χ1) is 12.3. The van der Waals surface area contributed by atoms with Crippen LogP contribution in [0, 0.1) is 5.82 Å². The van der Waals surface area contributed by atoms with Gasteiger partial charge < -0.3 is 10.2 Å². The number of carbonyl (C=O) groups is 2. The van der Waals surface area contributed by atoms with Gasteiger partial charge in [-0.05, 0) is 48.5 Å². The molecule has 0 spiro atoms. The molecule has 2 aromatic carbocycles. The summed E-state index contributed by atoms with van der Waals surface area (Å²) in [6.07, 6.45) is 0. The number of likely N-dealkylation sites (tertiary alicyclic amines) is 1. The molecule has 2 aromatic rings. The minimum Gasteiger partial charge on any atom is -0.336 e. The van der Waals surface area contributed by atoms with E-state index >= 15 is 0 Å². The van der Waals surface area contributed by atoms with Gasteiger partial charge in [0.15, 0.2) is 9.84 Å². The zero-order valence-corrected chi connectivity index (χ0v) is 14.8. The monoisotopic (exact) mass is 376 g/mol. The largest absolute Gasteiger partial charge is 0.336 e. The van der Waals surface area contributed by atoms with Crippen LogP contribution in [0.2, 0.25) is 0 Å². The standard InChI is InChI=1S/C18H17FN2O4S/c1-12(22)20-15-6-2-13(3-7-15)18(23)21-10-17(11-21)26(24,25)16-8-4-14(19)5-9-16/h2-9,17H,10-11H2,1H3,(H,20,22). The van der Waals surface area contributed by atoms with Crippen LogP contribution in [0.4, 0.5) is 10.1 Å². The van der Waals surface area contributed by atoms with Crippen LogP contribution in [0.15, 0.2) is 53.4 Å². The molecule has 1 aliphatic rings. The molecule has 0 saturated carbocycles. The van der Waals surface area contributed by atoms with Crippen molar-refractivity contribution in [3.8, 4) is 0 Å². The molecule has 0 unspecified atom stereocenters. The zero-order chi connectivity index (χ0) is 18.9. The molecular weight excluding hydrogens is 359 g/mol. The SMILES string of the molecule is CC(=O)Nc1ccc(C(=O)N2CC(S(=O)(=O)c3ccc(F)cc3)C2)cc1. The van der Waals surface area contributed by atoms with Crippen molar-refractivity contribution in [3.05, 3.63) is 59.9 Å². The second-order valence-corrected chi connectivity index (χ2v) is 8.32. The fourth-order valence-electron chi connectivity index (χ4n) is 2.70. The summed E-state index contributed by atoms with van der Waals surface area (Å²) in [6.45, 7) is 1.57. The Morgan fingerprint density at radius 2 is 1.62 bits per heavy atom. The summed E-state index contributed by atoms with van der Waals surface area (Å²) in [7, 11) is -3.60. The molecule has 3 rings (SSSR count). The topological polar surface area (TPSA) is 83.6 Å². The summed E-state index contributed by atoms with van der Waals surface area (Å²) in [4.78, 5) is 24.9. The summed E-state index contributed by atoms with van der Waals surface area (Å²) in [5.74, 6) is -0.984. The molecule has 26 heavy (non-hydrogen) atoms. The number of nitrogens with zero attached hydrogens (tertiary/aromatic N) is 1. The minimum atomic E-state index is -3.60. The Hall–Kier alpha value is -2.74. The highest BCUT2D eigenvalue weighted by molar-refractivity contribution is 7.92. The van der Waals surface area contributed by atoms with Crippen LogP contribution >= 0.6 is 0 Å². The minimum absolute atomic E-state index is 0.0515. The molecule has 0 bridgehead atoms. The predicted octanol–water partition coefficient (Wildman–Crippen LogP) is 2.08. The number of nitrogens with one attached hydrogen (secondary N) is 1. The van der Waals surface area contributed by atoms with Gasteiger partial charge in [0.1, 0.15) is 11.1 Å². The second kappa shape index (κ2) is 6.87. The van der Waals surface area contributed by atoms with Gasteiger partial charge in [0, 0.05) is 31.3 Å². The van der Waals surface area contributed by atoms with Gasteiger partial charge in [-0.3, -0.25) is 9.59 Å². The van der Waals surface area contributed by atoms with Gasteiger partial charge in [-0.15, -0.1) is 0 Å². The lowest BCUT2D eigenvalue weighted by atomic mass is 10.1. The van der Waals surface area contributed by atoms with Gasteiger partial charge in [-0.2, -0.15) is 0 Å². The van der Waals surface area contributed by atoms with Crippen LogP contribution in [-0.4, -0.2) is 43.5 Å². The highest BCUT2D eigenvalue weighted by Crippen LogP contribution is 2.25. The molecule has 2 amide bonds. The predicted molar refractivity (Wildman–Crippen MR) is 94.0 cm³/mol. The van der Waals surface area contributed by atoms with Gasteiger partial charge >= 0.3 is 0 Å². The van der Waals surface area contributed by atoms with E-state index in [1.54, 1.807) is 24.3 Å². The number of sulfone groups is 1. The number of amides is 2. The first-order valence-corrected chi connectivity index (χ1v) is 9.48. The number of carbonyl (C=O) groups excluding carboxylic acids is 2. The summed E-state index contributed by atoms with van der Waals surface area (Å²) < 4.78 is 37.9. The van der Waals surface area contributed by atoms with E-state index in [0.29, 0.717) is 11.3 Å². The summed E-state index contributed by atoms with van der Waals surface area (Å²) >= 11 is 0. The molecule has 0 radical (unpaired) electrons. The Morgan fingerprint density at radius 3 is 2.15 bits per heavy atom. The maximum Gasteiger partial charge on any atom is 0.253 e. The average molecular weight is 376 g/mol. The Morgan fingerprint density at radius 1 is 1.04 bits per heavy atom. The van der Waals surface area contributed by atoms with E-state index in [0.717, 1.165) is 12.1 Å². The van der Waals surface area contributed by atoms with Gasteiger partial charge in [0.2, 0.25) is 5.91 Å². The van der Waals surface area contributed by atoms with Crippen LogP contribution in [-0.2, 0) is 14.6 Å². The molecule has 6 nitrogen and oxygen atoms in total. The van der Waals surface area contributed by atoms with Crippen LogP contribution in [0.5, 0.6) is 0 Å². The van der Waals surface area contributed by atoms with Gasteiger partial charge in [-0.25, -0.2) is 12.8 Å². The fourth-order valence-corrected chi connectivity index (χ4v) is 4.35. The molecule has 0 aliphatic carbocycles. The van der Waals surface area contributed by atoms with Crippen molar-refractivity contribution in [2.24, 2.45) is 0 Å². The van der Waals surface area contributed by atoms with E-state index < -0.39 is 20.9 Å². The molecule has 136 valence electrons. The van der Waals surface area contributed by atoms with Gasteiger partial charge in [0.25, 0.3) is 5.91 Å². The number of benzene rings is 2. The molecule has 1 N–H and O–H groups in total. The van der Waals surface area contributed by atoms with E-state index in [2.05, 4.69) is 5.32 Å². The number of hydrogen-bond acceptors (Lipinski definition) is 4. The van der Waals surface area contributed by atoms with E-state index in [1.165, 1.54) is 24.0 Å². The van der Waals surface area contributed by atoms with Crippen molar-refractivity contribution in [2.75, 3.05) is 18.4 Å². The maximum absolute atomic E-state index is 13.0. The summed E-state index contributed by atoms with van der Waals surface area (Å²) in [6, 6.07) is 11.1. The highest BCUT2D eigenvalue weighted by atomic mass is 32.2. The third-order valence-corrected chi connectivity index (χ3v) is 6.27. The number of halogens is 1. The van der Waals surface area contributed by atoms with E-state index in [-0.39, 0.29) is 29.8 Å². The van der Waals surface area contributed by atoms with Crippen LogP contribution in [0.3, 0.4) is 0 Å². The molecule has 1 aliphatic heterocycles. The number of rotatable bonds is 4. The van der Waals surface area contributed by atoms with Crippen LogP contribution in [0.25, 0.3) is 0 Å². The van der Waals surface area contributed by atoms with E-state index in [9.17, 15) is 22.4 Å². The van der Waals surface area contributed by atoms with Crippen molar-refractivity contribution < 1.29 is 22.4 Å². The third kappa shape index (κ3) is 3.60. The first-order valence-electron chi connectivity index (χ1n) is 7.94. The Balaban J connectivity index is 1.64. The fraction of sp³-hybridized carbons (Fsp3) is 0.222. The Bertz CT molecular complexity index is 934. The van der Waals surface area contributed by atoms with Crippen molar-refractivity contribution in [3.63, 3.8) is 0 Å². The Labute approximate surface area is 150 Å². The molecular formula is C18H17FN2O4S. The lowest BCUT2D eigenvalue weighted by Crippen LogP contribution is -2.56. The smallest absolute Gasteiger partial charge is 0.253 e. The van der Waals surface area contributed by atoms with Gasteiger partial charge in [-0.1, -0.05) is 0 Å². The van der Waals surface area contributed by atoms with E-state index in [1.807, 2.05) is 0 Å². The summed E-state index contributed by atoms with van der Waals surface area (Å²) in [5.41, 5.74) is 0.992. The first kappa shape index (κ1) is 18.1.